The lowest BCUT2D eigenvalue weighted by Crippen LogP contribution is -2.41. The van der Waals surface area contributed by atoms with E-state index in [1.54, 1.807) is 0 Å². The summed E-state index contributed by atoms with van der Waals surface area (Å²) in [5.74, 6) is 0. The summed E-state index contributed by atoms with van der Waals surface area (Å²) in [7, 11) is 0. The minimum absolute atomic E-state index is 0.365. The maximum Gasteiger partial charge on any atom is 0.110 e. The third-order valence-electron chi connectivity index (χ3n) is 1.58. The molecular weight excluding hydrogens is 224 g/mol. The van der Waals surface area contributed by atoms with Crippen LogP contribution in [0.15, 0.2) is 0 Å². The van der Waals surface area contributed by atoms with Crippen molar-refractivity contribution in [3.8, 4) is 0 Å². The Hall–Kier alpha value is -0.320. The topological polar surface area (TPSA) is 162 Å². The van der Waals surface area contributed by atoms with Crippen LogP contribution < -0.4 is 0 Å². The number of aliphatic hydroxyl groups is 8. The Bertz CT molecular complexity index is 130. The minimum Gasteiger partial charge on any atom is -0.394 e. The monoisotopic (exact) mass is 244 g/mol. The van der Waals surface area contributed by atoms with Crippen molar-refractivity contribution in [2.45, 2.75) is 24.4 Å². The summed E-state index contributed by atoms with van der Waals surface area (Å²) in [6, 6.07) is 0. The van der Waals surface area contributed by atoms with Gasteiger partial charge in [0.05, 0.1) is 26.4 Å². The van der Waals surface area contributed by atoms with Gasteiger partial charge in [0.25, 0.3) is 0 Å². The summed E-state index contributed by atoms with van der Waals surface area (Å²) in [5, 5.41) is 66.6. The standard InChI is InChI=1S/C5H12O5.C3H8O3/c6-1-3(8)5(10)4(9)2-7;4-1-3(6)2-5/h3-10H,1-2H2;3-6H,1-2H2. The van der Waals surface area contributed by atoms with E-state index in [2.05, 4.69) is 0 Å². The molecule has 0 aliphatic heterocycles. The Morgan fingerprint density at radius 2 is 0.875 bits per heavy atom. The first-order valence-corrected chi connectivity index (χ1v) is 4.60. The fourth-order valence-corrected chi connectivity index (χ4v) is 0.530. The van der Waals surface area contributed by atoms with Crippen molar-refractivity contribution in [1.82, 2.24) is 0 Å². The smallest absolute Gasteiger partial charge is 0.110 e. The second-order valence-electron chi connectivity index (χ2n) is 3.01. The molecule has 0 bridgehead atoms. The third-order valence-corrected chi connectivity index (χ3v) is 1.58. The zero-order chi connectivity index (χ0) is 13.1. The Morgan fingerprint density at radius 1 is 0.562 bits per heavy atom. The normalized spacial score (nSPS) is 16.3. The van der Waals surface area contributed by atoms with Gasteiger partial charge in [-0.15, -0.1) is 0 Å². The summed E-state index contributed by atoms with van der Waals surface area (Å²) in [6.45, 7) is -2.01. The highest BCUT2D eigenvalue weighted by Crippen LogP contribution is 1.97. The lowest BCUT2D eigenvalue weighted by Gasteiger charge is -2.19. The zero-order valence-corrected chi connectivity index (χ0v) is 8.72. The Labute approximate surface area is 92.7 Å². The van der Waals surface area contributed by atoms with E-state index in [-0.39, 0.29) is 13.2 Å². The summed E-state index contributed by atoms with van der Waals surface area (Å²) in [5.41, 5.74) is 0. The van der Waals surface area contributed by atoms with Crippen molar-refractivity contribution >= 4 is 0 Å². The first-order chi connectivity index (χ1) is 7.44. The van der Waals surface area contributed by atoms with Gasteiger partial charge >= 0.3 is 0 Å². The van der Waals surface area contributed by atoms with Crippen LogP contribution in [-0.2, 0) is 0 Å². The van der Waals surface area contributed by atoms with Crippen LogP contribution >= 0.6 is 0 Å². The molecule has 0 spiro atoms. The highest BCUT2D eigenvalue weighted by molar-refractivity contribution is 4.73. The van der Waals surface area contributed by atoms with E-state index < -0.39 is 37.6 Å². The number of rotatable bonds is 6. The van der Waals surface area contributed by atoms with Gasteiger partial charge in [0.1, 0.15) is 24.4 Å². The van der Waals surface area contributed by atoms with Gasteiger partial charge in [-0.05, 0) is 0 Å². The molecule has 0 saturated carbocycles. The van der Waals surface area contributed by atoms with E-state index in [1.807, 2.05) is 0 Å². The molecule has 2 atom stereocenters. The fourth-order valence-electron chi connectivity index (χ4n) is 0.530. The molecule has 0 aliphatic carbocycles. The molecule has 8 nitrogen and oxygen atoms in total. The van der Waals surface area contributed by atoms with Gasteiger partial charge < -0.3 is 40.9 Å². The van der Waals surface area contributed by atoms with E-state index in [1.165, 1.54) is 0 Å². The van der Waals surface area contributed by atoms with Gasteiger partial charge in [-0.1, -0.05) is 0 Å². The molecule has 0 aliphatic rings. The highest BCUT2D eigenvalue weighted by Gasteiger charge is 2.22. The van der Waals surface area contributed by atoms with Crippen molar-refractivity contribution in [1.29, 1.82) is 0 Å². The molecule has 0 fully saturated rings. The second-order valence-corrected chi connectivity index (χ2v) is 3.01. The lowest BCUT2D eigenvalue weighted by atomic mass is 10.1. The minimum atomic E-state index is -1.49. The van der Waals surface area contributed by atoms with E-state index in [4.69, 9.17) is 40.9 Å². The van der Waals surface area contributed by atoms with Crippen molar-refractivity contribution in [3.63, 3.8) is 0 Å². The summed E-state index contributed by atoms with van der Waals surface area (Å²) >= 11 is 0. The number of hydrogen-bond donors (Lipinski definition) is 8. The molecule has 0 aromatic carbocycles. The Morgan fingerprint density at radius 3 is 1.00 bits per heavy atom. The fraction of sp³-hybridized carbons (Fsp3) is 1.00. The van der Waals surface area contributed by atoms with E-state index in [0.717, 1.165) is 0 Å². The van der Waals surface area contributed by atoms with Crippen LogP contribution in [0, 0.1) is 0 Å². The van der Waals surface area contributed by atoms with Gasteiger partial charge in [-0.2, -0.15) is 0 Å². The molecule has 0 rings (SSSR count). The first-order valence-electron chi connectivity index (χ1n) is 4.60. The van der Waals surface area contributed by atoms with Crippen molar-refractivity contribution < 1.29 is 40.9 Å². The van der Waals surface area contributed by atoms with E-state index in [9.17, 15) is 0 Å². The predicted octanol–water partition coefficient (Wildman–Crippen LogP) is -4.61. The second kappa shape index (κ2) is 11.2. The van der Waals surface area contributed by atoms with Crippen LogP contribution in [-0.4, -0.2) is 91.7 Å². The molecule has 100 valence electrons. The summed E-state index contributed by atoms with van der Waals surface area (Å²) < 4.78 is 0. The first kappa shape index (κ1) is 18.1. The van der Waals surface area contributed by atoms with Crippen molar-refractivity contribution in [2.24, 2.45) is 0 Å². The SMILES string of the molecule is OCC(O)C(O)C(O)CO.OCC(O)CO. The average Bonchev–Trinajstić information content (AvgIpc) is 2.35. The lowest BCUT2D eigenvalue weighted by molar-refractivity contribution is -0.0900. The summed E-state index contributed by atoms with van der Waals surface area (Å²) in [6.07, 6.45) is -5.25. The predicted molar refractivity (Wildman–Crippen MR) is 52.4 cm³/mol. The maximum atomic E-state index is 8.77. The van der Waals surface area contributed by atoms with Gasteiger partial charge in [0.15, 0.2) is 0 Å². The third kappa shape index (κ3) is 8.95. The Balaban J connectivity index is 0. The molecule has 0 aromatic rings. The highest BCUT2D eigenvalue weighted by atomic mass is 16.4. The van der Waals surface area contributed by atoms with Crippen LogP contribution in [0.25, 0.3) is 0 Å². The van der Waals surface area contributed by atoms with Gasteiger partial charge in [0.2, 0.25) is 0 Å². The quantitative estimate of drug-likeness (QED) is 0.231. The summed E-state index contributed by atoms with van der Waals surface area (Å²) in [4.78, 5) is 0. The zero-order valence-electron chi connectivity index (χ0n) is 8.72. The van der Waals surface area contributed by atoms with Crippen LogP contribution in [0.1, 0.15) is 0 Å². The molecule has 8 heteroatoms. The number of hydrogen-bond acceptors (Lipinski definition) is 8. The van der Waals surface area contributed by atoms with E-state index >= 15 is 0 Å². The molecule has 0 saturated heterocycles. The van der Waals surface area contributed by atoms with Gasteiger partial charge in [0, 0.05) is 0 Å². The van der Waals surface area contributed by atoms with E-state index in [0.29, 0.717) is 0 Å². The number of aliphatic hydroxyl groups excluding tert-OH is 8. The Kier molecular flexibility index (Phi) is 12.6. The van der Waals surface area contributed by atoms with Crippen LogP contribution in [0.5, 0.6) is 0 Å². The maximum absolute atomic E-state index is 8.77. The van der Waals surface area contributed by atoms with Gasteiger partial charge in [-0.3, -0.25) is 0 Å². The van der Waals surface area contributed by atoms with Crippen molar-refractivity contribution in [2.75, 3.05) is 26.4 Å². The molecule has 2 unspecified atom stereocenters. The van der Waals surface area contributed by atoms with Crippen LogP contribution in [0.3, 0.4) is 0 Å². The van der Waals surface area contributed by atoms with Crippen LogP contribution in [0.2, 0.25) is 0 Å². The van der Waals surface area contributed by atoms with Crippen LogP contribution in [0.4, 0.5) is 0 Å². The molecule has 0 amide bonds. The largest absolute Gasteiger partial charge is 0.394 e. The molecule has 8 N–H and O–H groups in total. The molecular formula is C8H20O8. The van der Waals surface area contributed by atoms with Crippen molar-refractivity contribution in [3.05, 3.63) is 0 Å². The van der Waals surface area contributed by atoms with Gasteiger partial charge in [-0.25, -0.2) is 0 Å². The molecule has 0 radical (unpaired) electrons. The molecule has 0 aromatic heterocycles. The average molecular weight is 244 g/mol. The molecule has 16 heavy (non-hydrogen) atoms. The molecule has 0 heterocycles.